The SMILES string of the molecule is Oc1ccc(C2(C(F)(F)F)[CH]CCC2)cc1. The van der Waals surface area contributed by atoms with Gasteiger partial charge >= 0.3 is 6.18 Å². The largest absolute Gasteiger partial charge is 0.508 e. The van der Waals surface area contributed by atoms with Crippen molar-refractivity contribution in [2.45, 2.75) is 30.9 Å². The molecule has 1 fully saturated rings. The maximum absolute atomic E-state index is 13.1. The van der Waals surface area contributed by atoms with Crippen LogP contribution < -0.4 is 0 Å². The van der Waals surface area contributed by atoms with Crippen molar-refractivity contribution in [1.82, 2.24) is 0 Å². The van der Waals surface area contributed by atoms with Crippen molar-refractivity contribution in [3.05, 3.63) is 36.2 Å². The highest BCUT2D eigenvalue weighted by Gasteiger charge is 2.56. The molecule has 0 saturated heterocycles. The van der Waals surface area contributed by atoms with Crippen LogP contribution in [-0.4, -0.2) is 11.3 Å². The minimum Gasteiger partial charge on any atom is -0.508 e. The Morgan fingerprint density at radius 2 is 1.75 bits per heavy atom. The fourth-order valence-electron chi connectivity index (χ4n) is 2.27. The Morgan fingerprint density at radius 3 is 2.19 bits per heavy atom. The van der Waals surface area contributed by atoms with E-state index in [1.807, 2.05) is 0 Å². The molecular weight excluding hydrogens is 217 g/mol. The average Bonchev–Trinajstić information content (AvgIpc) is 2.68. The lowest BCUT2D eigenvalue weighted by molar-refractivity contribution is -0.178. The van der Waals surface area contributed by atoms with E-state index in [1.54, 1.807) is 0 Å². The molecule has 0 spiro atoms. The Morgan fingerprint density at radius 1 is 1.12 bits per heavy atom. The van der Waals surface area contributed by atoms with Crippen molar-refractivity contribution in [1.29, 1.82) is 0 Å². The van der Waals surface area contributed by atoms with Gasteiger partial charge in [0.2, 0.25) is 0 Å². The van der Waals surface area contributed by atoms with E-state index in [-0.39, 0.29) is 17.7 Å². The van der Waals surface area contributed by atoms with Crippen LogP contribution in [0.4, 0.5) is 13.2 Å². The number of benzene rings is 1. The molecule has 1 N–H and O–H groups in total. The number of hydrogen-bond donors (Lipinski definition) is 1. The third-order valence-electron chi connectivity index (χ3n) is 3.16. The van der Waals surface area contributed by atoms with Gasteiger partial charge in [0.25, 0.3) is 0 Å². The third kappa shape index (κ3) is 1.66. The van der Waals surface area contributed by atoms with E-state index in [2.05, 4.69) is 0 Å². The van der Waals surface area contributed by atoms with E-state index >= 15 is 0 Å². The number of halogens is 3. The highest BCUT2D eigenvalue weighted by atomic mass is 19.4. The highest BCUT2D eigenvalue weighted by Crippen LogP contribution is 2.51. The molecule has 2 rings (SSSR count). The molecule has 1 aliphatic rings. The molecule has 16 heavy (non-hydrogen) atoms. The van der Waals surface area contributed by atoms with E-state index < -0.39 is 11.6 Å². The fourth-order valence-corrected chi connectivity index (χ4v) is 2.27. The van der Waals surface area contributed by atoms with Gasteiger partial charge in [-0.25, -0.2) is 0 Å². The van der Waals surface area contributed by atoms with Gasteiger partial charge in [-0.05, 0) is 37.0 Å². The lowest BCUT2D eigenvalue weighted by Gasteiger charge is -2.31. The number of aromatic hydroxyl groups is 1. The number of phenolic OH excluding ortho intramolecular Hbond substituents is 1. The van der Waals surface area contributed by atoms with Crippen LogP contribution in [0.25, 0.3) is 0 Å². The molecule has 1 atom stereocenters. The molecule has 1 aromatic rings. The Balaban J connectivity index is 2.44. The van der Waals surface area contributed by atoms with E-state index in [9.17, 15) is 13.2 Å². The van der Waals surface area contributed by atoms with Crippen molar-refractivity contribution in [3.63, 3.8) is 0 Å². The molecule has 1 aromatic carbocycles. The third-order valence-corrected chi connectivity index (χ3v) is 3.16. The predicted molar refractivity (Wildman–Crippen MR) is 54.0 cm³/mol. The Kier molecular flexibility index (Phi) is 2.60. The van der Waals surface area contributed by atoms with Crippen LogP contribution in [0.3, 0.4) is 0 Å². The first-order valence-electron chi connectivity index (χ1n) is 5.16. The summed E-state index contributed by atoms with van der Waals surface area (Å²) >= 11 is 0. The predicted octanol–water partition coefficient (Wildman–Crippen LogP) is 3.58. The Bertz CT molecular complexity index is 361. The summed E-state index contributed by atoms with van der Waals surface area (Å²) in [6.07, 6.45) is -1.78. The Labute approximate surface area is 91.9 Å². The standard InChI is InChI=1S/C12H12F3O/c13-12(14,15)11(7-1-2-8-11)9-3-5-10(16)6-4-9/h3-7,16H,1-2,8H2. The molecule has 1 aliphatic carbocycles. The topological polar surface area (TPSA) is 20.2 Å². The summed E-state index contributed by atoms with van der Waals surface area (Å²) in [6.45, 7) is 0. The maximum atomic E-state index is 13.1. The number of phenols is 1. The van der Waals surface area contributed by atoms with Crippen molar-refractivity contribution in [3.8, 4) is 5.75 Å². The van der Waals surface area contributed by atoms with Gasteiger partial charge in [0.05, 0.1) is 5.41 Å². The zero-order chi connectivity index (χ0) is 11.8. The summed E-state index contributed by atoms with van der Waals surface area (Å²) in [4.78, 5) is 0. The first-order chi connectivity index (χ1) is 7.46. The molecule has 0 heterocycles. The second kappa shape index (κ2) is 3.68. The summed E-state index contributed by atoms with van der Waals surface area (Å²) in [5, 5.41) is 9.09. The van der Waals surface area contributed by atoms with E-state index in [4.69, 9.17) is 5.11 Å². The van der Waals surface area contributed by atoms with Gasteiger partial charge in [0.1, 0.15) is 5.75 Å². The van der Waals surface area contributed by atoms with Crippen molar-refractivity contribution in [2.75, 3.05) is 0 Å². The van der Waals surface area contributed by atoms with Gasteiger partial charge in [-0.2, -0.15) is 13.2 Å². The lowest BCUT2D eigenvalue weighted by Crippen LogP contribution is -2.40. The van der Waals surface area contributed by atoms with Crippen LogP contribution in [-0.2, 0) is 5.41 Å². The minimum atomic E-state index is -4.26. The summed E-state index contributed by atoms with van der Waals surface area (Å²) in [5.74, 6) is -0.0147. The summed E-state index contributed by atoms with van der Waals surface area (Å²) in [5.41, 5.74) is -1.60. The van der Waals surface area contributed by atoms with Gasteiger partial charge in [-0.3, -0.25) is 0 Å². The van der Waals surface area contributed by atoms with Gasteiger partial charge in [0.15, 0.2) is 0 Å². The maximum Gasteiger partial charge on any atom is 0.398 e. The van der Waals surface area contributed by atoms with Gasteiger partial charge in [-0.15, -0.1) is 0 Å². The number of rotatable bonds is 1. The molecule has 1 saturated carbocycles. The van der Waals surface area contributed by atoms with Crippen LogP contribution in [0.5, 0.6) is 5.75 Å². The van der Waals surface area contributed by atoms with Crippen LogP contribution >= 0.6 is 0 Å². The normalized spacial score (nSPS) is 19.9. The highest BCUT2D eigenvalue weighted by molar-refractivity contribution is 5.36. The van der Waals surface area contributed by atoms with E-state index in [0.717, 1.165) is 0 Å². The monoisotopic (exact) mass is 229 g/mol. The number of alkyl halides is 3. The molecule has 0 aromatic heterocycles. The molecular formula is C12H12F3O. The van der Waals surface area contributed by atoms with E-state index in [1.165, 1.54) is 30.7 Å². The minimum absolute atomic E-state index is 0.0147. The Hall–Kier alpha value is -1.19. The van der Waals surface area contributed by atoms with Gasteiger partial charge in [0, 0.05) is 0 Å². The van der Waals surface area contributed by atoms with Crippen LogP contribution in [0.1, 0.15) is 24.8 Å². The number of hydrogen-bond acceptors (Lipinski definition) is 1. The molecule has 1 nitrogen and oxygen atoms in total. The average molecular weight is 229 g/mol. The smallest absolute Gasteiger partial charge is 0.398 e. The summed E-state index contributed by atoms with van der Waals surface area (Å²) in [6, 6.07) is 5.30. The van der Waals surface area contributed by atoms with Gasteiger partial charge < -0.3 is 5.11 Å². The molecule has 0 amide bonds. The lowest BCUT2D eigenvalue weighted by atomic mass is 9.78. The van der Waals surface area contributed by atoms with Crippen LogP contribution in [0, 0.1) is 6.42 Å². The molecule has 1 unspecified atom stereocenters. The van der Waals surface area contributed by atoms with E-state index in [0.29, 0.717) is 12.8 Å². The molecule has 1 radical (unpaired) electrons. The zero-order valence-electron chi connectivity index (χ0n) is 8.59. The quantitative estimate of drug-likeness (QED) is 0.780. The second-order valence-electron chi connectivity index (χ2n) is 4.11. The molecule has 87 valence electrons. The van der Waals surface area contributed by atoms with Crippen molar-refractivity contribution < 1.29 is 18.3 Å². The fraction of sp³-hybridized carbons (Fsp3) is 0.417. The first kappa shape index (κ1) is 11.3. The van der Waals surface area contributed by atoms with Crippen LogP contribution in [0.15, 0.2) is 24.3 Å². The summed E-state index contributed by atoms with van der Waals surface area (Å²) < 4.78 is 39.3. The zero-order valence-corrected chi connectivity index (χ0v) is 8.59. The first-order valence-corrected chi connectivity index (χ1v) is 5.16. The van der Waals surface area contributed by atoms with Crippen molar-refractivity contribution >= 4 is 0 Å². The second-order valence-corrected chi connectivity index (χ2v) is 4.11. The van der Waals surface area contributed by atoms with Crippen molar-refractivity contribution in [2.24, 2.45) is 0 Å². The molecule has 0 aliphatic heterocycles. The molecule has 4 heteroatoms. The summed E-state index contributed by atoms with van der Waals surface area (Å²) in [7, 11) is 0. The van der Waals surface area contributed by atoms with Crippen LogP contribution in [0.2, 0.25) is 0 Å². The molecule has 0 bridgehead atoms. The van der Waals surface area contributed by atoms with Gasteiger partial charge in [-0.1, -0.05) is 18.6 Å².